The van der Waals surface area contributed by atoms with Gasteiger partial charge in [-0.05, 0) is 18.6 Å². The summed E-state index contributed by atoms with van der Waals surface area (Å²) in [4.78, 5) is 2.23. The van der Waals surface area contributed by atoms with Gasteiger partial charge < -0.3 is 19.7 Å². The van der Waals surface area contributed by atoms with Crippen LogP contribution in [0.1, 0.15) is 6.42 Å². The van der Waals surface area contributed by atoms with E-state index in [1.54, 1.807) is 14.2 Å². The number of methoxy groups -OCH3 is 2. The molecule has 2 rings (SSSR count). The molecule has 0 spiro atoms. The molecule has 0 aromatic heterocycles. The molecule has 0 amide bonds. The SMILES string of the molecule is COc1ccccc1N(C)CC1CC(OC)CN1. The van der Waals surface area contributed by atoms with Gasteiger partial charge in [-0.2, -0.15) is 0 Å². The van der Waals surface area contributed by atoms with Crippen LogP contribution in [0.25, 0.3) is 0 Å². The third kappa shape index (κ3) is 2.94. The summed E-state index contributed by atoms with van der Waals surface area (Å²) in [5.74, 6) is 0.918. The summed E-state index contributed by atoms with van der Waals surface area (Å²) in [6, 6.07) is 8.58. The fraction of sp³-hybridized carbons (Fsp3) is 0.571. The van der Waals surface area contributed by atoms with Crippen molar-refractivity contribution in [2.75, 3.05) is 39.3 Å². The molecule has 0 bridgehead atoms. The second-order valence-electron chi connectivity index (χ2n) is 4.75. The smallest absolute Gasteiger partial charge is 0.142 e. The maximum absolute atomic E-state index is 5.39. The highest BCUT2D eigenvalue weighted by Gasteiger charge is 2.25. The van der Waals surface area contributed by atoms with Crippen molar-refractivity contribution >= 4 is 5.69 Å². The Balaban J connectivity index is 1.97. The minimum absolute atomic E-state index is 0.348. The van der Waals surface area contributed by atoms with Crippen LogP contribution in [0.4, 0.5) is 5.69 Å². The van der Waals surface area contributed by atoms with E-state index in [9.17, 15) is 0 Å². The van der Waals surface area contributed by atoms with Gasteiger partial charge in [0.25, 0.3) is 0 Å². The minimum Gasteiger partial charge on any atom is -0.495 e. The van der Waals surface area contributed by atoms with Crippen molar-refractivity contribution < 1.29 is 9.47 Å². The molecule has 1 heterocycles. The van der Waals surface area contributed by atoms with E-state index < -0.39 is 0 Å². The number of para-hydroxylation sites is 2. The predicted octanol–water partition coefficient (Wildman–Crippen LogP) is 1.51. The van der Waals surface area contributed by atoms with Gasteiger partial charge in [-0.15, -0.1) is 0 Å². The van der Waals surface area contributed by atoms with Crippen LogP contribution >= 0.6 is 0 Å². The number of hydrogen-bond donors (Lipinski definition) is 1. The highest BCUT2D eigenvalue weighted by Crippen LogP contribution is 2.27. The number of anilines is 1. The molecule has 100 valence electrons. The zero-order valence-electron chi connectivity index (χ0n) is 11.3. The van der Waals surface area contributed by atoms with E-state index in [0.717, 1.165) is 30.9 Å². The van der Waals surface area contributed by atoms with Gasteiger partial charge >= 0.3 is 0 Å². The van der Waals surface area contributed by atoms with E-state index in [1.807, 2.05) is 18.2 Å². The Morgan fingerprint density at radius 2 is 2.11 bits per heavy atom. The van der Waals surface area contributed by atoms with Gasteiger partial charge in [0.2, 0.25) is 0 Å². The third-order valence-corrected chi connectivity index (χ3v) is 3.51. The lowest BCUT2D eigenvalue weighted by molar-refractivity contribution is 0.117. The van der Waals surface area contributed by atoms with Crippen molar-refractivity contribution in [3.05, 3.63) is 24.3 Å². The van der Waals surface area contributed by atoms with E-state index in [2.05, 4.69) is 23.3 Å². The molecule has 1 aromatic rings. The van der Waals surface area contributed by atoms with Crippen LogP contribution in [0.3, 0.4) is 0 Å². The summed E-state index contributed by atoms with van der Waals surface area (Å²) < 4.78 is 10.8. The maximum atomic E-state index is 5.39. The molecule has 1 aliphatic rings. The zero-order valence-corrected chi connectivity index (χ0v) is 11.3. The molecule has 0 saturated carbocycles. The lowest BCUT2D eigenvalue weighted by Gasteiger charge is -2.24. The predicted molar refractivity (Wildman–Crippen MR) is 73.5 cm³/mol. The highest BCUT2D eigenvalue weighted by molar-refractivity contribution is 5.57. The quantitative estimate of drug-likeness (QED) is 0.859. The Bertz CT molecular complexity index is 384. The number of nitrogens with zero attached hydrogens (tertiary/aromatic N) is 1. The molecule has 0 aliphatic carbocycles. The molecule has 1 N–H and O–H groups in total. The largest absolute Gasteiger partial charge is 0.495 e. The van der Waals surface area contributed by atoms with Crippen LogP contribution < -0.4 is 15.0 Å². The van der Waals surface area contributed by atoms with Gasteiger partial charge in [0.1, 0.15) is 5.75 Å². The summed E-state index contributed by atoms with van der Waals surface area (Å²) in [5.41, 5.74) is 1.13. The molecule has 1 aliphatic heterocycles. The summed E-state index contributed by atoms with van der Waals surface area (Å²) >= 11 is 0. The van der Waals surface area contributed by atoms with E-state index in [0.29, 0.717) is 12.1 Å². The summed E-state index contributed by atoms with van der Waals surface area (Å²) in [5, 5.41) is 3.49. The van der Waals surface area contributed by atoms with Crippen molar-refractivity contribution in [2.45, 2.75) is 18.6 Å². The van der Waals surface area contributed by atoms with Gasteiger partial charge in [0.15, 0.2) is 0 Å². The molecule has 4 nitrogen and oxygen atoms in total. The molecule has 1 fully saturated rings. The molecule has 18 heavy (non-hydrogen) atoms. The first-order valence-electron chi connectivity index (χ1n) is 6.35. The molecule has 0 radical (unpaired) electrons. The van der Waals surface area contributed by atoms with E-state index in [4.69, 9.17) is 9.47 Å². The van der Waals surface area contributed by atoms with Gasteiger partial charge in [-0.25, -0.2) is 0 Å². The number of hydrogen-bond acceptors (Lipinski definition) is 4. The average Bonchev–Trinajstić information content (AvgIpc) is 2.86. The van der Waals surface area contributed by atoms with E-state index in [1.165, 1.54) is 0 Å². The first-order valence-corrected chi connectivity index (χ1v) is 6.35. The number of rotatable bonds is 5. The first kappa shape index (κ1) is 13.2. The lowest BCUT2D eigenvalue weighted by atomic mass is 10.2. The minimum atomic E-state index is 0.348. The Labute approximate surface area is 109 Å². The van der Waals surface area contributed by atoms with Crippen LogP contribution in [0, 0.1) is 0 Å². The molecule has 1 saturated heterocycles. The van der Waals surface area contributed by atoms with Crippen molar-refractivity contribution in [1.82, 2.24) is 5.32 Å². The first-order chi connectivity index (χ1) is 8.74. The third-order valence-electron chi connectivity index (χ3n) is 3.51. The monoisotopic (exact) mass is 250 g/mol. The Kier molecular flexibility index (Phi) is 4.44. The van der Waals surface area contributed by atoms with E-state index >= 15 is 0 Å². The molecular formula is C14H22N2O2. The summed E-state index contributed by atoms with van der Waals surface area (Å²) in [6.45, 7) is 1.90. The van der Waals surface area contributed by atoms with Crippen molar-refractivity contribution in [1.29, 1.82) is 0 Å². The van der Waals surface area contributed by atoms with Crippen molar-refractivity contribution in [3.8, 4) is 5.75 Å². The van der Waals surface area contributed by atoms with Gasteiger partial charge in [0, 0.05) is 33.3 Å². The second kappa shape index (κ2) is 6.07. The molecular weight excluding hydrogens is 228 g/mol. The van der Waals surface area contributed by atoms with Crippen LogP contribution in [0.15, 0.2) is 24.3 Å². The van der Waals surface area contributed by atoms with Crippen LogP contribution in [0.5, 0.6) is 5.75 Å². The number of ether oxygens (including phenoxy) is 2. The lowest BCUT2D eigenvalue weighted by Crippen LogP contribution is -2.35. The fourth-order valence-corrected chi connectivity index (χ4v) is 2.47. The second-order valence-corrected chi connectivity index (χ2v) is 4.75. The Morgan fingerprint density at radius 1 is 1.33 bits per heavy atom. The van der Waals surface area contributed by atoms with Gasteiger partial charge in [-0.3, -0.25) is 0 Å². The maximum Gasteiger partial charge on any atom is 0.142 e. The number of nitrogens with one attached hydrogen (secondary N) is 1. The molecule has 2 unspecified atom stereocenters. The molecule has 4 heteroatoms. The van der Waals surface area contributed by atoms with Gasteiger partial charge in [0.05, 0.1) is 18.9 Å². The standard InChI is InChI=1S/C14H22N2O2/c1-16(10-11-8-12(17-2)9-15-11)13-6-4-5-7-14(13)18-3/h4-7,11-12,15H,8-10H2,1-3H3. The van der Waals surface area contributed by atoms with Crippen molar-refractivity contribution in [2.24, 2.45) is 0 Å². The normalized spacial score (nSPS) is 23.1. The van der Waals surface area contributed by atoms with E-state index in [-0.39, 0.29) is 0 Å². The van der Waals surface area contributed by atoms with Crippen LogP contribution in [-0.4, -0.2) is 46.5 Å². The Hall–Kier alpha value is -1.26. The summed E-state index contributed by atoms with van der Waals surface area (Å²) in [7, 11) is 5.58. The van der Waals surface area contributed by atoms with Gasteiger partial charge in [-0.1, -0.05) is 12.1 Å². The van der Waals surface area contributed by atoms with Crippen LogP contribution in [-0.2, 0) is 4.74 Å². The molecule has 2 atom stereocenters. The number of benzene rings is 1. The topological polar surface area (TPSA) is 33.7 Å². The molecule has 1 aromatic carbocycles. The highest BCUT2D eigenvalue weighted by atomic mass is 16.5. The number of likely N-dealkylation sites (N-methyl/N-ethyl adjacent to an activating group) is 1. The van der Waals surface area contributed by atoms with Crippen LogP contribution in [0.2, 0.25) is 0 Å². The van der Waals surface area contributed by atoms with Crippen molar-refractivity contribution in [3.63, 3.8) is 0 Å². The average molecular weight is 250 g/mol. The zero-order chi connectivity index (χ0) is 13.0. The summed E-state index contributed by atoms with van der Waals surface area (Å²) in [6.07, 6.45) is 1.41. The fourth-order valence-electron chi connectivity index (χ4n) is 2.47. The Morgan fingerprint density at radius 3 is 2.78 bits per heavy atom.